The molecule has 1 N–H and O–H groups in total. The minimum absolute atomic E-state index is 0.101. The van der Waals surface area contributed by atoms with Crippen LogP contribution in [-0.2, 0) is 16.2 Å². The highest BCUT2D eigenvalue weighted by Crippen LogP contribution is 2.47. The molecule has 0 saturated heterocycles. The summed E-state index contributed by atoms with van der Waals surface area (Å²) in [6, 6.07) is 54.6. The van der Waals surface area contributed by atoms with Crippen LogP contribution in [0.1, 0.15) is 84.6 Å². The SMILES string of the molecule is CC(C)(C)c1ccc(-n2c(-c3cc(C(C)(C)C)cc(C(C)(C)C)c3O)nc3c(-c4cc(-c5ccc(-c6ccccc6)cn5)c5oc6cc(C#N)ccc6c5c4)cccc32)c(-c2ccccc2)c1. The van der Waals surface area contributed by atoms with E-state index in [2.05, 4.69) is 182 Å². The van der Waals surface area contributed by atoms with Gasteiger partial charge in [0.1, 0.15) is 22.7 Å². The number of pyridine rings is 1. The molecule has 10 rings (SSSR count). The van der Waals surface area contributed by atoms with Crippen molar-refractivity contribution in [1.82, 2.24) is 14.5 Å². The van der Waals surface area contributed by atoms with Crippen LogP contribution in [-0.4, -0.2) is 19.6 Å². The van der Waals surface area contributed by atoms with Gasteiger partial charge in [-0.2, -0.15) is 5.26 Å². The average Bonchev–Trinajstić information content (AvgIpc) is 3.89. The first kappa shape index (κ1) is 43.2. The number of phenolic OH excluding ortho intramolecular Hbond substituents is 1. The van der Waals surface area contributed by atoms with Gasteiger partial charge in [0.2, 0.25) is 0 Å². The predicted molar refractivity (Wildman–Crippen MR) is 276 cm³/mol. The fourth-order valence-electron chi connectivity index (χ4n) is 9.26. The molecule has 3 aromatic heterocycles. The second-order valence-electron chi connectivity index (χ2n) is 20.8. The van der Waals surface area contributed by atoms with E-state index < -0.39 is 0 Å². The van der Waals surface area contributed by atoms with Gasteiger partial charge in [-0.1, -0.05) is 153 Å². The summed E-state index contributed by atoms with van der Waals surface area (Å²) in [5.74, 6) is 0.871. The number of rotatable bonds is 6. The van der Waals surface area contributed by atoms with Gasteiger partial charge in [0, 0.05) is 44.8 Å². The van der Waals surface area contributed by atoms with E-state index in [0.717, 1.165) is 83.3 Å². The molecule has 3 heterocycles. The largest absolute Gasteiger partial charge is 0.507 e. The minimum Gasteiger partial charge on any atom is -0.507 e. The fraction of sp³-hybridized carbons (Fsp3) is 0.197. The summed E-state index contributed by atoms with van der Waals surface area (Å²) in [7, 11) is 0. The Morgan fingerprint density at radius 1 is 0.552 bits per heavy atom. The quantitative estimate of drug-likeness (QED) is 0.180. The van der Waals surface area contributed by atoms with Gasteiger partial charge in [-0.15, -0.1) is 0 Å². The maximum Gasteiger partial charge on any atom is 0.149 e. The van der Waals surface area contributed by atoms with Crippen molar-refractivity contribution >= 4 is 33.0 Å². The summed E-state index contributed by atoms with van der Waals surface area (Å²) in [6.07, 6.45) is 1.91. The summed E-state index contributed by atoms with van der Waals surface area (Å²) >= 11 is 0. The molecule has 0 aliphatic heterocycles. The zero-order chi connectivity index (χ0) is 47.0. The van der Waals surface area contributed by atoms with Crippen molar-refractivity contribution in [3.8, 4) is 73.5 Å². The van der Waals surface area contributed by atoms with E-state index in [1.807, 2.05) is 42.6 Å². The van der Waals surface area contributed by atoms with E-state index in [-0.39, 0.29) is 22.0 Å². The first-order valence-electron chi connectivity index (χ1n) is 23.0. The Hall–Kier alpha value is -7.75. The van der Waals surface area contributed by atoms with Gasteiger partial charge in [0.25, 0.3) is 0 Å². The lowest BCUT2D eigenvalue weighted by molar-refractivity contribution is 0.446. The van der Waals surface area contributed by atoms with Gasteiger partial charge in [-0.25, -0.2) is 4.98 Å². The summed E-state index contributed by atoms with van der Waals surface area (Å²) in [6.45, 7) is 19.8. The molecule has 10 aromatic rings. The van der Waals surface area contributed by atoms with Crippen molar-refractivity contribution in [3.63, 3.8) is 0 Å². The number of furan rings is 1. The number of hydrogen-bond acceptors (Lipinski definition) is 5. The molecule has 0 spiro atoms. The first-order valence-corrected chi connectivity index (χ1v) is 23.0. The number of imidazole rings is 1. The molecule has 330 valence electrons. The van der Waals surface area contributed by atoms with Crippen molar-refractivity contribution < 1.29 is 9.52 Å². The van der Waals surface area contributed by atoms with Crippen LogP contribution in [0.25, 0.3) is 94.7 Å². The van der Waals surface area contributed by atoms with Crippen LogP contribution in [0.5, 0.6) is 5.75 Å². The third-order valence-corrected chi connectivity index (χ3v) is 13.1. The molecule has 0 aliphatic rings. The third kappa shape index (κ3) is 7.75. The molecule has 0 unspecified atom stereocenters. The van der Waals surface area contributed by atoms with Gasteiger partial charge < -0.3 is 9.52 Å². The topological polar surface area (TPSA) is 87.9 Å². The van der Waals surface area contributed by atoms with E-state index in [9.17, 15) is 10.4 Å². The molecule has 0 saturated carbocycles. The van der Waals surface area contributed by atoms with Crippen molar-refractivity contribution in [2.75, 3.05) is 0 Å². The molecule has 67 heavy (non-hydrogen) atoms. The van der Waals surface area contributed by atoms with Crippen molar-refractivity contribution in [3.05, 3.63) is 180 Å². The van der Waals surface area contributed by atoms with Gasteiger partial charge in [-0.3, -0.25) is 9.55 Å². The maximum atomic E-state index is 12.6. The summed E-state index contributed by atoms with van der Waals surface area (Å²) in [5, 5.41) is 24.2. The molecule has 6 nitrogen and oxygen atoms in total. The summed E-state index contributed by atoms with van der Waals surface area (Å²) < 4.78 is 8.90. The van der Waals surface area contributed by atoms with E-state index in [1.165, 1.54) is 5.56 Å². The van der Waals surface area contributed by atoms with Crippen LogP contribution in [0, 0.1) is 11.3 Å². The van der Waals surface area contributed by atoms with Crippen LogP contribution >= 0.6 is 0 Å². The van der Waals surface area contributed by atoms with Crippen molar-refractivity contribution in [2.45, 2.75) is 78.6 Å². The van der Waals surface area contributed by atoms with Crippen LogP contribution in [0.2, 0.25) is 0 Å². The number of nitriles is 1. The number of para-hydroxylation sites is 1. The van der Waals surface area contributed by atoms with Crippen molar-refractivity contribution in [2.24, 2.45) is 0 Å². The van der Waals surface area contributed by atoms with Crippen molar-refractivity contribution in [1.29, 1.82) is 5.26 Å². The Labute approximate surface area is 392 Å². The van der Waals surface area contributed by atoms with Crippen LogP contribution in [0.3, 0.4) is 0 Å². The smallest absolute Gasteiger partial charge is 0.149 e. The van der Waals surface area contributed by atoms with Crippen LogP contribution in [0.15, 0.2) is 162 Å². The van der Waals surface area contributed by atoms with Gasteiger partial charge in [0.15, 0.2) is 0 Å². The molecule has 0 bridgehead atoms. The highest BCUT2D eigenvalue weighted by Gasteiger charge is 2.30. The Morgan fingerprint density at radius 2 is 1.25 bits per heavy atom. The Bertz CT molecular complexity index is 3570. The first-order chi connectivity index (χ1) is 32.0. The molecule has 0 atom stereocenters. The number of aromatic nitrogens is 3. The van der Waals surface area contributed by atoms with Crippen LogP contribution in [0.4, 0.5) is 0 Å². The van der Waals surface area contributed by atoms with Gasteiger partial charge >= 0.3 is 0 Å². The Morgan fingerprint density at radius 3 is 1.91 bits per heavy atom. The second-order valence-corrected chi connectivity index (χ2v) is 20.8. The third-order valence-electron chi connectivity index (χ3n) is 13.1. The predicted octanol–water partition coefficient (Wildman–Crippen LogP) is 16.1. The molecule has 0 amide bonds. The molecular weight excluding hydrogens is 821 g/mol. The number of fused-ring (bicyclic) bond motifs is 4. The maximum absolute atomic E-state index is 12.6. The zero-order valence-corrected chi connectivity index (χ0v) is 39.7. The van der Waals surface area contributed by atoms with E-state index >= 15 is 0 Å². The standard InChI is InChI=1S/C61H54N4O2/c1-59(2,3)42-25-28-52(46(32-42)39-19-14-11-15-20-39)65-53-22-16-21-44(55(53)64-58(65)49-33-43(60(4,5)6)34-50(56(49)66)61(7,8)9)41-30-47-45-26-23-37(35-62)29-54(45)67-57(47)48(31-41)51-27-24-40(36-63-51)38-17-12-10-13-18-38/h10-34,36,66H,1-9H3. The molecule has 0 radical (unpaired) electrons. The number of aromatic hydroxyl groups is 1. The van der Waals surface area contributed by atoms with E-state index in [1.54, 1.807) is 6.07 Å². The molecular formula is C61H54N4O2. The van der Waals surface area contributed by atoms with E-state index in [0.29, 0.717) is 28.1 Å². The highest BCUT2D eigenvalue weighted by atomic mass is 16.3. The fourth-order valence-corrected chi connectivity index (χ4v) is 9.26. The normalized spacial score (nSPS) is 12.3. The Kier molecular flexibility index (Phi) is 10.3. The van der Waals surface area contributed by atoms with Gasteiger partial charge in [0.05, 0.1) is 39.6 Å². The molecule has 6 heteroatoms. The second kappa shape index (κ2) is 16.0. The number of benzene rings is 7. The molecule has 7 aromatic carbocycles. The molecule has 0 fully saturated rings. The summed E-state index contributed by atoms with van der Waals surface area (Å²) in [5.41, 5.74) is 15.4. The minimum atomic E-state index is -0.355. The lowest BCUT2D eigenvalue weighted by Crippen LogP contribution is -2.17. The number of nitrogens with zero attached hydrogens (tertiary/aromatic N) is 4. The lowest BCUT2D eigenvalue weighted by Gasteiger charge is -2.28. The number of phenols is 1. The number of hydrogen-bond donors (Lipinski definition) is 1. The average molecular weight is 875 g/mol. The van der Waals surface area contributed by atoms with Gasteiger partial charge in [-0.05, 0) is 105 Å². The highest BCUT2D eigenvalue weighted by molar-refractivity contribution is 6.12. The summed E-state index contributed by atoms with van der Waals surface area (Å²) in [4.78, 5) is 10.7. The lowest BCUT2D eigenvalue weighted by atomic mass is 9.79. The molecule has 0 aliphatic carbocycles. The zero-order valence-electron chi connectivity index (χ0n) is 39.7. The Balaban J connectivity index is 1.30. The monoisotopic (exact) mass is 874 g/mol. The van der Waals surface area contributed by atoms with E-state index in [4.69, 9.17) is 14.4 Å². The van der Waals surface area contributed by atoms with Crippen LogP contribution < -0.4 is 0 Å².